The summed E-state index contributed by atoms with van der Waals surface area (Å²) in [6.45, 7) is 2.20. The van der Waals surface area contributed by atoms with Gasteiger partial charge in [-0.1, -0.05) is 37.6 Å². The van der Waals surface area contributed by atoms with Crippen LogP contribution in [0.15, 0.2) is 47.8 Å². The van der Waals surface area contributed by atoms with E-state index in [1.54, 1.807) is 11.3 Å². The molecule has 0 aliphatic heterocycles. The lowest BCUT2D eigenvalue weighted by Crippen LogP contribution is -2.20. The van der Waals surface area contributed by atoms with E-state index in [-0.39, 0.29) is 5.91 Å². The Hall–Kier alpha value is -3.03. The van der Waals surface area contributed by atoms with Crippen LogP contribution in [0.1, 0.15) is 50.9 Å². The normalized spacial score (nSPS) is 15.5. The fourth-order valence-corrected chi connectivity index (χ4v) is 6.48. The molecule has 1 aliphatic carbocycles. The predicted molar refractivity (Wildman–Crippen MR) is 132 cm³/mol. The number of nitrogens with one attached hydrogen (secondary N) is 1. The van der Waals surface area contributed by atoms with Crippen molar-refractivity contribution in [1.29, 1.82) is 0 Å². The largest absolute Gasteiger partial charge is 0.365 e. The van der Waals surface area contributed by atoms with Gasteiger partial charge in [-0.05, 0) is 54.3 Å². The second-order valence-electron chi connectivity index (χ2n) is 8.09. The third-order valence-electron chi connectivity index (χ3n) is 6.15. The highest BCUT2D eigenvalue weighted by Crippen LogP contribution is 2.40. The van der Waals surface area contributed by atoms with Crippen LogP contribution in [0, 0.1) is 5.92 Å². The van der Waals surface area contributed by atoms with Crippen molar-refractivity contribution in [2.75, 3.05) is 5.32 Å². The molecular weight excluding hydrogens is 438 g/mol. The van der Waals surface area contributed by atoms with Crippen molar-refractivity contribution in [2.24, 2.45) is 11.7 Å². The van der Waals surface area contributed by atoms with E-state index in [2.05, 4.69) is 12.2 Å². The standard InChI is InChI=1S/C25H23N3O2S2/c1-2-14-9-10-16-21(12-14)32-25(22(16)23(26)29)28-24(30)17-13-19(20-8-5-11-31-20)27-18-7-4-3-6-15(17)18/h3-8,11,13-14H,2,9-10,12H2,1H3,(H2,26,29)(H,28,30)/t14-/m1/s1. The first-order valence-corrected chi connectivity index (χ1v) is 12.4. The first-order valence-electron chi connectivity index (χ1n) is 10.7. The van der Waals surface area contributed by atoms with E-state index >= 15 is 0 Å². The summed E-state index contributed by atoms with van der Waals surface area (Å²) in [7, 11) is 0. The maximum absolute atomic E-state index is 13.5. The molecule has 32 heavy (non-hydrogen) atoms. The van der Waals surface area contributed by atoms with Crippen LogP contribution in [-0.2, 0) is 12.8 Å². The van der Waals surface area contributed by atoms with Crippen molar-refractivity contribution in [2.45, 2.75) is 32.6 Å². The molecule has 0 fully saturated rings. The molecule has 0 spiro atoms. The van der Waals surface area contributed by atoms with Gasteiger partial charge in [0, 0.05) is 10.3 Å². The molecule has 162 valence electrons. The minimum atomic E-state index is -0.480. The van der Waals surface area contributed by atoms with E-state index in [9.17, 15) is 9.59 Å². The summed E-state index contributed by atoms with van der Waals surface area (Å²) in [4.78, 5) is 32.7. The molecule has 0 saturated carbocycles. The number of fused-ring (bicyclic) bond motifs is 2. The smallest absolute Gasteiger partial charge is 0.257 e. The van der Waals surface area contributed by atoms with Gasteiger partial charge in [0.25, 0.3) is 11.8 Å². The zero-order chi connectivity index (χ0) is 22.2. The molecule has 0 unspecified atom stereocenters. The van der Waals surface area contributed by atoms with Gasteiger partial charge in [-0.15, -0.1) is 22.7 Å². The molecule has 1 aliphatic rings. The van der Waals surface area contributed by atoms with Crippen LogP contribution in [0.5, 0.6) is 0 Å². The van der Waals surface area contributed by atoms with Crippen molar-refractivity contribution in [1.82, 2.24) is 4.98 Å². The Balaban J connectivity index is 1.56. The first-order chi connectivity index (χ1) is 15.5. The summed E-state index contributed by atoms with van der Waals surface area (Å²) in [5, 5.41) is 6.34. The number of nitrogens with two attached hydrogens (primary N) is 1. The summed E-state index contributed by atoms with van der Waals surface area (Å²) < 4.78 is 0. The van der Waals surface area contributed by atoms with Gasteiger partial charge in [-0.3, -0.25) is 9.59 Å². The van der Waals surface area contributed by atoms with E-state index in [0.29, 0.717) is 22.0 Å². The molecule has 4 aromatic rings. The number of aromatic nitrogens is 1. The van der Waals surface area contributed by atoms with Gasteiger partial charge in [0.2, 0.25) is 0 Å². The molecule has 3 N–H and O–H groups in total. The molecule has 7 heteroatoms. The number of amides is 2. The lowest BCUT2D eigenvalue weighted by atomic mass is 9.85. The van der Waals surface area contributed by atoms with Gasteiger partial charge in [0.05, 0.1) is 27.2 Å². The summed E-state index contributed by atoms with van der Waals surface area (Å²) in [6, 6.07) is 13.4. The molecule has 0 saturated heterocycles. The lowest BCUT2D eigenvalue weighted by Gasteiger charge is -2.20. The van der Waals surface area contributed by atoms with Crippen LogP contribution in [0.4, 0.5) is 5.00 Å². The average molecular weight is 462 g/mol. The SMILES string of the molecule is CC[C@@H]1CCc2c(sc(NC(=O)c3cc(-c4cccs4)nc4ccccc34)c2C(N)=O)C1. The van der Waals surface area contributed by atoms with Crippen LogP contribution in [0.3, 0.4) is 0 Å². The fourth-order valence-electron chi connectivity index (χ4n) is 4.44. The highest BCUT2D eigenvalue weighted by atomic mass is 32.1. The Morgan fingerprint density at radius 2 is 2.06 bits per heavy atom. The van der Waals surface area contributed by atoms with Crippen molar-refractivity contribution in [3.05, 3.63) is 69.4 Å². The summed E-state index contributed by atoms with van der Waals surface area (Å²) in [6.07, 6.45) is 3.93. The minimum Gasteiger partial charge on any atom is -0.365 e. The Labute approximate surface area is 194 Å². The van der Waals surface area contributed by atoms with Crippen molar-refractivity contribution < 1.29 is 9.59 Å². The zero-order valence-electron chi connectivity index (χ0n) is 17.7. The van der Waals surface area contributed by atoms with Crippen molar-refractivity contribution in [3.8, 4) is 10.6 Å². The highest BCUT2D eigenvalue weighted by molar-refractivity contribution is 7.17. The maximum atomic E-state index is 13.5. The number of carbonyl (C=O) groups excluding carboxylic acids is 2. The van der Waals surface area contributed by atoms with Crippen LogP contribution in [0.2, 0.25) is 0 Å². The molecule has 1 atom stereocenters. The minimum absolute atomic E-state index is 0.255. The molecule has 3 aromatic heterocycles. The lowest BCUT2D eigenvalue weighted by molar-refractivity contribution is 0.1000. The number of anilines is 1. The number of hydrogen-bond donors (Lipinski definition) is 2. The molecule has 0 radical (unpaired) electrons. The van der Waals surface area contributed by atoms with Crippen LogP contribution in [0.25, 0.3) is 21.5 Å². The van der Waals surface area contributed by atoms with E-state index < -0.39 is 5.91 Å². The van der Waals surface area contributed by atoms with Gasteiger partial charge >= 0.3 is 0 Å². The molecule has 3 heterocycles. The number of nitrogens with zero attached hydrogens (tertiary/aromatic N) is 1. The van der Waals surface area contributed by atoms with Crippen molar-refractivity contribution >= 4 is 50.4 Å². The molecule has 1 aromatic carbocycles. The third kappa shape index (κ3) is 3.72. The topological polar surface area (TPSA) is 85.1 Å². The van der Waals surface area contributed by atoms with Crippen LogP contribution >= 0.6 is 22.7 Å². The van der Waals surface area contributed by atoms with Crippen LogP contribution in [-0.4, -0.2) is 16.8 Å². The van der Waals surface area contributed by atoms with Gasteiger partial charge in [-0.25, -0.2) is 4.98 Å². The predicted octanol–water partition coefficient (Wildman–Crippen LogP) is 5.89. The second kappa shape index (κ2) is 8.48. The number of primary amides is 1. The van der Waals surface area contributed by atoms with E-state index in [4.69, 9.17) is 10.7 Å². The monoisotopic (exact) mass is 461 g/mol. The van der Waals surface area contributed by atoms with E-state index in [1.807, 2.05) is 47.8 Å². The number of para-hydroxylation sites is 1. The zero-order valence-corrected chi connectivity index (χ0v) is 19.3. The quantitative estimate of drug-likeness (QED) is 0.388. The van der Waals surface area contributed by atoms with Gasteiger partial charge in [0.15, 0.2) is 0 Å². The van der Waals surface area contributed by atoms with Gasteiger partial charge in [0.1, 0.15) is 5.00 Å². The number of hydrogen-bond acceptors (Lipinski definition) is 5. The van der Waals surface area contributed by atoms with E-state index in [1.165, 1.54) is 16.2 Å². The number of rotatable bonds is 5. The second-order valence-corrected chi connectivity index (χ2v) is 10.1. The Kier molecular flexibility index (Phi) is 5.53. The number of benzene rings is 1. The number of thiophene rings is 2. The highest BCUT2D eigenvalue weighted by Gasteiger charge is 2.28. The van der Waals surface area contributed by atoms with Crippen molar-refractivity contribution in [3.63, 3.8) is 0 Å². The molecular formula is C25H23N3O2S2. The maximum Gasteiger partial charge on any atom is 0.257 e. The third-order valence-corrected chi connectivity index (χ3v) is 8.21. The Morgan fingerprint density at radius 1 is 1.22 bits per heavy atom. The molecule has 5 nitrogen and oxygen atoms in total. The number of pyridine rings is 1. The van der Waals surface area contributed by atoms with Crippen LogP contribution < -0.4 is 11.1 Å². The summed E-state index contributed by atoms with van der Waals surface area (Å²) >= 11 is 3.08. The average Bonchev–Trinajstić information content (AvgIpc) is 3.45. The molecule has 5 rings (SSSR count). The molecule has 2 amide bonds. The summed E-state index contributed by atoms with van der Waals surface area (Å²) in [5.41, 5.74) is 9.30. The fraction of sp³-hybridized carbons (Fsp3) is 0.240. The number of carbonyl (C=O) groups is 2. The van der Waals surface area contributed by atoms with E-state index in [0.717, 1.165) is 52.7 Å². The summed E-state index contributed by atoms with van der Waals surface area (Å²) in [5.74, 6) is -0.121. The Morgan fingerprint density at radius 3 is 2.81 bits per heavy atom. The van der Waals surface area contributed by atoms with Gasteiger partial charge in [-0.2, -0.15) is 0 Å². The molecule has 0 bridgehead atoms. The first kappa shape index (κ1) is 20.8. The van der Waals surface area contributed by atoms with Gasteiger partial charge < -0.3 is 11.1 Å². The Bertz CT molecular complexity index is 1320.